The van der Waals surface area contributed by atoms with Crippen LogP contribution < -0.4 is 9.47 Å². The number of fused-ring (bicyclic) bond motifs is 1. The van der Waals surface area contributed by atoms with Gasteiger partial charge < -0.3 is 14.6 Å². The molecule has 142 valence electrons. The summed E-state index contributed by atoms with van der Waals surface area (Å²) in [5.41, 5.74) is 1.28. The molecule has 4 heteroatoms. The molecule has 0 amide bonds. The second-order valence-corrected chi connectivity index (χ2v) is 6.72. The minimum absolute atomic E-state index is 0.170. The van der Waals surface area contributed by atoms with Gasteiger partial charge in [0, 0.05) is 10.8 Å². The van der Waals surface area contributed by atoms with E-state index in [2.05, 4.69) is 13.8 Å². The van der Waals surface area contributed by atoms with Crippen molar-refractivity contribution in [1.29, 1.82) is 0 Å². The third-order valence-electron chi connectivity index (χ3n) is 4.44. The number of benzene rings is 2. The van der Waals surface area contributed by atoms with Gasteiger partial charge in [0.15, 0.2) is 0 Å². The van der Waals surface area contributed by atoms with Crippen LogP contribution in [-0.4, -0.2) is 24.3 Å². The molecule has 26 heavy (non-hydrogen) atoms. The summed E-state index contributed by atoms with van der Waals surface area (Å²) in [4.78, 5) is 11.8. The maximum Gasteiger partial charge on any atom is 0.339 e. The van der Waals surface area contributed by atoms with Gasteiger partial charge in [-0.05, 0) is 31.9 Å². The van der Waals surface area contributed by atoms with Crippen LogP contribution in [0.2, 0.25) is 0 Å². The lowest BCUT2D eigenvalue weighted by molar-refractivity contribution is 0.0692. The van der Waals surface area contributed by atoms with E-state index in [1.54, 1.807) is 6.07 Å². The summed E-state index contributed by atoms with van der Waals surface area (Å²) in [6, 6.07) is 7.57. The van der Waals surface area contributed by atoms with Crippen LogP contribution in [-0.2, 0) is 0 Å². The first-order chi connectivity index (χ1) is 12.6. The van der Waals surface area contributed by atoms with Crippen molar-refractivity contribution >= 4 is 16.7 Å². The van der Waals surface area contributed by atoms with Gasteiger partial charge in [0.1, 0.15) is 17.1 Å². The van der Waals surface area contributed by atoms with E-state index in [1.165, 1.54) is 0 Å². The van der Waals surface area contributed by atoms with Crippen LogP contribution in [0.3, 0.4) is 0 Å². The van der Waals surface area contributed by atoms with E-state index in [9.17, 15) is 9.90 Å². The Balaban J connectivity index is 2.41. The molecule has 0 fully saturated rings. The standard InChI is InChI=1S/C22H30O4/c1-4-6-8-12-25-20-15-19(22(23)24)21(26-13-9-7-5-2)17-11-10-16(3)14-18(17)20/h10-11,14-15H,4-9,12-13H2,1-3H3,(H,23,24). The predicted molar refractivity (Wildman–Crippen MR) is 106 cm³/mol. The Morgan fingerprint density at radius 3 is 2.19 bits per heavy atom. The summed E-state index contributed by atoms with van der Waals surface area (Å²) in [6.07, 6.45) is 6.26. The Labute approximate surface area is 156 Å². The van der Waals surface area contributed by atoms with Gasteiger partial charge in [-0.3, -0.25) is 0 Å². The Hall–Kier alpha value is -2.23. The highest BCUT2D eigenvalue weighted by Crippen LogP contribution is 2.38. The molecule has 2 aromatic carbocycles. The van der Waals surface area contributed by atoms with Crippen LogP contribution >= 0.6 is 0 Å². The quantitative estimate of drug-likeness (QED) is 0.502. The molecule has 0 spiro atoms. The number of carboxylic acids is 1. The van der Waals surface area contributed by atoms with Crippen molar-refractivity contribution in [2.24, 2.45) is 0 Å². The third-order valence-corrected chi connectivity index (χ3v) is 4.44. The topological polar surface area (TPSA) is 55.8 Å². The van der Waals surface area contributed by atoms with E-state index < -0.39 is 5.97 Å². The molecule has 0 bridgehead atoms. The Morgan fingerprint density at radius 2 is 1.58 bits per heavy atom. The van der Waals surface area contributed by atoms with Crippen molar-refractivity contribution in [2.75, 3.05) is 13.2 Å². The zero-order valence-electron chi connectivity index (χ0n) is 16.1. The molecule has 0 aliphatic carbocycles. The highest BCUT2D eigenvalue weighted by molar-refractivity contribution is 6.03. The molecule has 0 aliphatic heterocycles. The number of aryl methyl sites for hydroxylation is 1. The number of hydrogen-bond donors (Lipinski definition) is 1. The monoisotopic (exact) mass is 358 g/mol. The maximum absolute atomic E-state index is 11.8. The van der Waals surface area contributed by atoms with E-state index in [4.69, 9.17) is 9.47 Å². The first-order valence-corrected chi connectivity index (χ1v) is 9.64. The van der Waals surface area contributed by atoms with Crippen LogP contribution in [0.1, 0.15) is 68.3 Å². The van der Waals surface area contributed by atoms with Gasteiger partial charge in [-0.2, -0.15) is 0 Å². The minimum atomic E-state index is -0.989. The van der Waals surface area contributed by atoms with Crippen molar-refractivity contribution in [2.45, 2.75) is 59.3 Å². The van der Waals surface area contributed by atoms with Crippen molar-refractivity contribution in [1.82, 2.24) is 0 Å². The van der Waals surface area contributed by atoms with Gasteiger partial charge >= 0.3 is 5.97 Å². The second kappa shape index (κ2) is 10.0. The number of hydrogen-bond acceptors (Lipinski definition) is 3. The van der Waals surface area contributed by atoms with E-state index in [0.717, 1.165) is 54.9 Å². The molecule has 0 radical (unpaired) electrons. The average Bonchev–Trinajstić information content (AvgIpc) is 2.62. The molecule has 0 aliphatic rings. The summed E-state index contributed by atoms with van der Waals surface area (Å²) in [6.45, 7) is 7.41. The SMILES string of the molecule is CCCCCOc1cc(C(=O)O)c(OCCCCC)c2ccc(C)cc12. The fourth-order valence-corrected chi connectivity index (χ4v) is 2.97. The van der Waals surface area contributed by atoms with E-state index in [-0.39, 0.29) is 5.56 Å². The van der Waals surface area contributed by atoms with Gasteiger partial charge in [0.25, 0.3) is 0 Å². The molecule has 0 heterocycles. The first kappa shape index (κ1) is 20.1. The average molecular weight is 358 g/mol. The number of carboxylic acid groups (broad SMARTS) is 1. The predicted octanol–water partition coefficient (Wildman–Crippen LogP) is 5.98. The number of ether oxygens (including phenoxy) is 2. The summed E-state index contributed by atoms with van der Waals surface area (Å²) in [5.74, 6) is 0.0824. The lowest BCUT2D eigenvalue weighted by Crippen LogP contribution is -2.07. The molecule has 1 N–H and O–H groups in total. The molecular formula is C22H30O4. The first-order valence-electron chi connectivity index (χ1n) is 9.64. The molecule has 0 saturated carbocycles. The van der Waals surface area contributed by atoms with Crippen molar-refractivity contribution in [3.63, 3.8) is 0 Å². The number of unbranched alkanes of at least 4 members (excludes halogenated alkanes) is 4. The minimum Gasteiger partial charge on any atom is -0.493 e. The lowest BCUT2D eigenvalue weighted by atomic mass is 10.0. The Bertz CT molecular complexity index is 736. The highest BCUT2D eigenvalue weighted by Gasteiger charge is 2.19. The summed E-state index contributed by atoms with van der Waals surface area (Å²) in [7, 11) is 0. The summed E-state index contributed by atoms with van der Waals surface area (Å²) >= 11 is 0. The zero-order valence-corrected chi connectivity index (χ0v) is 16.1. The number of rotatable bonds is 11. The molecular weight excluding hydrogens is 328 g/mol. The highest BCUT2D eigenvalue weighted by atomic mass is 16.5. The normalized spacial score (nSPS) is 10.9. The van der Waals surface area contributed by atoms with Crippen molar-refractivity contribution in [3.05, 3.63) is 35.4 Å². The molecule has 0 unspecified atom stereocenters. The fourth-order valence-electron chi connectivity index (χ4n) is 2.97. The van der Waals surface area contributed by atoms with E-state index in [1.807, 2.05) is 25.1 Å². The van der Waals surface area contributed by atoms with Gasteiger partial charge in [0.2, 0.25) is 0 Å². The van der Waals surface area contributed by atoms with Crippen LogP contribution in [0.15, 0.2) is 24.3 Å². The fraction of sp³-hybridized carbons (Fsp3) is 0.500. The Kier molecular flexibility index (Phi) is 7.76. The maximum atomic E-state index is 11.8. The van der Waals surface area contributed by atoms with Gasteiger partial charge in [-0.15, -0.1) is 0 Å². The zero-order chi connectivity index (χ0) is 18.9. The molecule has 0 saturated heterocycles. The lowest BCUT2D eigenvalue weighted by Gasteiger charge is -2.17. The van der Waals surface area contributed by atoms with Crippen LogP contribution in [0.5, 0.6) is 11.5 Å². The van der Waals surface area contributed by atoms with Crippen LogP contribution in [0.4, 0.5) is 0 Å². The van der Waals surface area contributed by atoms with Crippen molar-refractivity contribution < 1.29 is 19.4 Å². The molecule has 0 aromatic heterocycles. The molecule has 0 atom stereocenters. The molecule has 2 rings (SSSR count). The number of carbonyl (C=O) groups is 1. The van der Waals surface area contributed by atoms with Gasteiger partial charge in [-0.1, -0.05) is 57.2 Å². The molecule has 2 aromatic rings. The van der Waals surface area contributed by atoms with Crippen LogP contribution in [0.25, 0.3) is 10.8 Å². The van der Waals surface area contributed by atoms with Crippen molar-refractivity contribution in [3.8, 4) is 11.5 Å². The smallest absolute Gasteiger partial charge is 0.339 e. The van der Waals surface area contributed by atoms with Gasteiger partial charge in [-0.25, -0.2) is 4.79 Å². The Morgan fingerprint density at radius 1 is 0.923 bits per heavy atom. The largest absolute Gasteiger partial charge is 0.493 e. The molecule has 4 nitrogen and oxygen atoms in total. The summed E-state index contributed by atoms with van der Waals surface area (Å²) in [5, 5.41) is 11.4. The third kappa shape index (κ3) is 5.13. The second-order valence-electron chi connectivity index (χ2n) is 6.72. The van der Waals surface area contributed by atoms with E-state index >= 15 is 0 Å². The van der Waals surface area contributed by atoms with E-state index in [0.29, 0.717) is 24.7 Å². The number of aromatic carboxylic acids is 1. The summed E-state index contributed by atoms with van der Waals surface area (Å²) < 4.78 is 11.9. The van der Waals surface area contributed by atoms with Crippen LogP contribution in [0, 0.1) is 6.92 Å². The van der Waals surface area contributed by atoms with Gasteiger partial charge in [0.05, 0.1) is 13.2 Å².